The van der Waals surface area contributed by atoms with Gasteiger partial charge in [-0.05, 0) is 13.0 Å². The Labute approximate surface area is 141 Å². The highest BCUT2D eigenvalue weighted by atomic mass is 32.1. The highest BCUT2D eigenvalue weighted by Crippen LogP contribution is 2.27. The van der Waals surface area contributed by atoms with E-state index < -0.39 is 6.36 Å². The molecular formula is C16H17F3N2O2S. The number of amides is 1. The van der Waals surface area contributed by atoms with E-state index in [1.807, 2.05) is 13.8 Å². The Morgan fingerprint density at radius 2 is 2.00 bits per heavy atom. The molecule has 4 nitrogen and oxygen atoms in total. The molecule has 2 aromatic rings. The zero-order chi connectivity index (χ0) is 17.9. The Bertz CT molecular complexity index is 726. The monoisotopic (exact) mass is 358 g/mol. The molecule has 0 saturated carbocycles. The lowest BCUT2D eigenvalue weighted by Gasteiger charge is -2.13. The number of rotatable bonds is 5. The minimum atomic E-state index is -4.78. The number of carbonyl (C=O) groups is 1. The second kappa shape index (κ2) is 7.21. The van der Waals surface area contributed by atoms with Crippen LogP contribution in [0.4, 0.5) is 13.2 Å². The van der Waals surface area contributed by atoms with Crippen molar-refractivity contribution in [2.24, 2.45) is 0 Å². The van der Waals surface area contributed by atoms with Gasteiger partial charge in [-0.2, -0.15) is 0 Å². The van der Waals surface area contributed by atoms with Crippen LogP contribution in [0.25, 0.3) is 0 Å². The zero-order valence-corrected chi connectivity index (χ0v) is 14.2. The Morgan fingerprint density at radius 3 is 2.58 bits per heavy atom. The van der Waals surface area contributed by atoms with Crippen molar-refractivity contribution < 1.29 is 22.7 Å². The Hall–Kier alpha value is -2.09. The van der Waals surface area contributed by atoms with Crippen molar-refractivity contribution in [1.82, 2.24) is 10.3 Å². The van der Waals surface area contributed by atoms with Crippen LogP contribution >= 0.6 is 11.3 Å². The van der Waals surface area contributed by atoms with E-state index in [1.165, 1.54) is 29.5 Å². The Balaban J connectivity index is 2.10. The van der Waals surface area contributed by atoms with Gasteiger partial charge >= 0.3 is 6.36 Å². The van der Waals surface area contributed by atoms with E-state index in [0.29, 0.717) is 10.6 Å². The molecule has 8 heteroatoms. The SMILES string of the molecule is Cc1nc(C(C)C)sc1C(=O)NCc1ccccc1OC(F)(F)F. The molecule has 1 aromatic carbocycles. The maximum atomic E-state index is 12.4. The fourth-order valence-corrected chi connectivity index (χ4v) is 2.99. The van der Waals surface area contributed by atoms with Crippen LogP contribution in [-0.4, -0.2) is 17.3 Å². The van der Waals surface area contributed by atoms with Crippen molar-refractivity contribution in [2.75, 3.05) is 0 Å². The fraction of sp³-hybridized carbons (Fsp3) is 0.375. The summed E-state index contributed by atoms with van der Waals surface area (Å²) in [7, 11) is 0. The maximum absolute atomic E-state index is 12.4. The molecular weight excluding hydrogens is 341 g/mol. The van der Waals surface area contributed by atoms with Gasteiger partial charge in [-0.1, -0.05) is 32.0 Å². The molecule has 0 saturated heterocycles. The summed E-state index contributed by atoms with van der Waals surface area (Å²) in [6.45, 7) is 5.62. The molecule has 0 spiro atoms. The second-order valence-electron chi connectivity index (χ2n) is 5.46. The molecule has 130 valence electrons. The lowest BCUT2D eigenvalue weighted by atomic mass is 10.2. The highest BCUT2D eigenvalue weighted by Gasteiger charge is 2.32. The van der Waals surface area contributed by atoms with E-state index >= 15 is 0 Å². The topological polar surface area (TPSA) is 51.2 Å². The molecule has 1 aromatic heterocycles. The predicted octanol–water partition coefficient (Wildman–Crippen LogP) is 4.40. The predicted molar refractivity (Wildman–Crippen MR) is 85.2 cm³/mol. The number of para-hydroxylation sites is 1. The number of nitrogens with one attached hydrogen (secondary N) is 1. The largest absolute Gasteiger partial charge is 0.573 e. The van der Waals surface area contributed by atoms with Crippen LogP contribution in [0.2, 0.25) is 0 Å². The van der Waals surface area contributed by atoms with Gasteiger partial charge in [0, 0.05) is 18.0 Å². The number of nitrogens with zero attached hydrogens (tertiary/aromatic N) is 1. The van der Waals surface area contributed by atoms with Crippen LogP contribution in [0.3, 0.4) is 0 Å². The van der Waals surface area contributed by atoms with Crippen molar-refractivity contribution >= 4 is 17.2 Å². The summed E-state index contributed by atoms with van der Waals surface area (Å²) in [5.41, 5.74) is 0.857. The van der Waals surface area contributed by atoms with E-state index in [0.717, 1.165) is 5.01 Å². The van der Waals surface area contributed by atoms with E-state index in [4.69, 9.17) is 0 Å². The van der Waals surface area contributed by atoms with E-state index in [2.05, 4.69) is 15.0 Å². The summed E-state index contributed by atoms with van der Waals surface area (Å²) in [6, 6.07) is 5.71. The summed E-state index contributed by atoms with van der Waals surface area (Å²) in [5.74, 6) is -0.482. The third-order valence-corrected chi connectivity index (χ3v) is 4.61. The summed E-state index contributed by atoms with van der Waals surface area (Å²) in [5, 5.41) is 3.46. The number of hydrogen-bond acceptors (Lipinski definition) is 4. The first-order valence-corrected chi connectivity index (χ1v) is 8.08. The Kier molecular flexibility index (Phi) is 5.48. The number of benzene rings is 1. The van der Waals surface area contributed by atoms with Crippen molar-refractivity contribution in [3.63, 3.8) is 0 Å². The number of aryl methyl sites for hydroxylation is 1. The van der Waals surface area contributed by atoms with E-state index in [9.17, 15) is 18.0 Å². The van der Waals surface area contributed by atoms with Gasteiger partial charge in [-0.15, -0.1) is 24.5 Å². The summed E-state index contributed by atoms with van der Waals surface area (Å²) in [4.78, 5) is 17.1. The van der Waals surface area contributed by atoms with Gasteiger partial charge < -0.3 is 10.1 Å². The molecule has 1 heterocycles. The van der Waals surface area contributed by atoms with Gasteiger partial charge in [0.05, 0.1) is 10.7 Å². The fourth-order valence-electron chi connectivity index (χ4n) is 2.00. The first kappa shape index (κ1) is 18.3. The number of thiazole rings is 1. The van der Waals surface area contributed by atoms with Crippen molar-refractivity contribution in [1.29, 1.82) is 0 Å². The quantitative estimate of drug-likeness (QED) is 0.862. The van der Waals surface area contributed by atoms with Crippen molar-refractivity contribution in [3.05, 3.63) is 45.4 Å². The number of aromatic nitrogens is 1. The molecule has 0 atom stereocenters. The first-order chi connectivity index (χ1) is 11.2. The summed E-state index contributed by atoms with van der Waals surface area (Å²) in [6.07, 6.45) is -4.78. The van der Waals surface area contributed by atoms with Crippen LogP contribution in [0.5, 0.6) is 5.75 Å². The van der Waals surface area contributed by atoms with Crippen LogP contribution in [0.15, 0.2) is 24.3 Å². The minimum absolute atomic E-state index is 0.0700. The molecule has 0 aliphatic carbocycles. The van der Waals surface area contributed by atoms with E-state index in [1.54, 1.807) is 13.0 Å². The summed E-state index contributed by atoms with van der Waals surface area (Å²) < 4.78 is 41.2. The molecule has 2 rings (SSSR count). The smallest absolute Gasteiger partial charge is 0.405 e. The van der Waals surface area contributed by atoms with Gasteiger partial charge in [0.2, 0.25) is 0 Å². The molecule has 1 N–H and O–H groups in total. The van der Waals surface area contributed by atoms with Crippen LogP contribution < -0.4 is 10.1 Å². The molecule has 0 unspecified atom stereocenters. The van der Waals surface area contributed by atoms with Crippen molar-refractivity contribution in [3.8, 4) is 5.75 Å². The number of halogens is 3. The summed E-state index contributed by atoms with van der Waals surface area (Å²) >= 11 is 1.29. The van der Waals surface area contributed by atoms with Gasteiger partial charge in [0.15, 0.2) is 0 Å². The van der Waals surface area contributed by atoms with Crippen LogP contribution in [-0.2, 0) is 6.54 Å². The third-order valence-electron chi connectivity index (χ3n) is 3.15. The lowest BCUT2D eigenvalue weighted by molar-refractivity contribution is -0.274. The number of hydrogen-bond donors (Lipinski definition) is 1. The maximum Gasteiger partial charge on any atom is 0.573 e. The van der Waals surface area contributed by atoms with Gasteiger partial charge in [-0.25, -0.2) is 4.98 Å². The minimum Gasteiger partial charge on any atom is -0.405 e. The van der Waals surface area contributed by atoms with Gasteiger partial charge in [0.1, 0.15) is 10.6 Å². The molecule has 24 heavy (non-hydrogen) atoms. The van der Waals surface area contributed by atoms with Gasteiger partial charge in [0.25, 0.3) is 5.91 Å². The average Bonchev–Trinajstić information content (AvgIpc) is 2.87. The molecule has 1 amide bonds. The Morgan fingerprint density at radius 1 is 1.33 bits per heavy atom. The number of carbonyl (C=O) groups excluding carboxylic acids is 1. The number of alkyl halides is 3. The van der Waals surface area contributed by atoms with Crippen LogP contribution in [0.1, 0.15) is 45.7 Å². The normalized spacial score (nSPS) is 11.6. The standard InChI is InChI=1S/C16H17F3N2O2S/c1-9(2)15-21-10(3)13(24-15)14(22)20-8-11-6-4-5-7-12(11)23-16(17,18)19/h4-7,9H,8H2,1-3H3,(H,20,22). The molecule has 0 aliphatic rings. The average molecular weight is 358 g/mol. The lowest BCUT2D eigenvalue weighted by Crippen LogP contribution is -2.24. The zero-order valence-electron chi connectivity index (χ0n) is 13.4. The number of ether oxygens (including phenoxy) is 1. The molecule has 0 radical (unpaired) electrons. The van der Waals surface area contributed by atoms with E-state index in [-0.39, 0.29) is 29.7 Å². The molecule has 0 aliphatic heterocycles. The van der Waals surface area contributed by atoms with Crippen LogP contribution in [0, 0.1) is 6.92 Å². The first-order valence-electron chi connectivity index (χ1n) is 7.26. The van der Waals surface area contributed by atoms with Gasteiger partial charge in [-0.3, -0.25) is 4.79 Å². The molecule has 0 fully saturated rings. The van der Waals surface area contributed by atoms with Crippen molar-refractivity contribution in [2.45, 2.75) is 39.6 Å². The molecule has 0 bridgehead atoms. The second-order valence-corrected chi connectivity index (χ2v) is 6.49. The third kappa shape index (κ3) is 4.70. The highest BCUT2D eigenvalue weighted by molar-refractivity contribution is 7.13.